The highest BCUT2D eigenvalue weighted by atomic mass is 15.3. The number of hydrogen-bond donors (Lipinski definition) is 1. The second-order valence-corrected chi connectivity index (χ2v) is 6.74. The quantitative estimate of drug-likeness (QED) is 0.927. The number of nitrogens with one attached hydrogen (secondary N) is 1. The van der Waals surface area contributed by atoms with Gasteiger partial charge in [0.2, 0.25) is 0 Å². The molecule has 0 unspecified atom stereocenters. The molecule has 1 aromatic carbocycles. The van der Waals surface area contributed by atoms with Crippen LogP contribution >= 0.6 is 0 Å². The fourth-order valence-electron chi connectivity index (χ4n) is 4.20. The molecule has 4 rings (SSSR count). The zero-order valence-corrected chi connectivity index (χ0v) is 13.2. The predicted octanol–water partition coefficient (Wildman–Crippen LogP) is 4.00. The van der Waals surface area contributed by atoms with Crippen molar-refractivity contribution in [2.45, 2.75) is 50.4 Å². The maximum Gasteiger partial charge on any atom is 0.0649 e. The van der Waals surface area contributed by atoms with E-state index in [0.29, 0.717) is 5.92 Å². The summed E-state index contributed by atoms with van der Waals surface area (Å²) in [6, 6.07) is 10.7. The van der Waals surface area contributed by atoms with E-state index in [2.05, 4.69) is 46.5 Å². The summed E-state index contributed by atoms with van der Waals surface area (Å²) in [6.45, 7) is 2.27. The molecule has 22 heavy (non-hydrogen) atoms. The van der Waals surface area contributed by atoms with E-state index in [0.717, 1.165) is 19.0 Å². The Balaban J connectivity index is 1.77. The topological polar surface area (TPSA) is 29.9 Å². The molecule has 3 nitrogen and oxygen atoms in total. The molecule has 1 saturated heterocycles. The highest BCUT2D eigenvalue weighted by Crippen LogP contribution is 2.40. The summed E-state index contributed by atoms with van der Waals surface area (Å²) in [5, 5.41) is 8.30. The van der Waals surface area contributed by atoms with Crippen LogP contribution in [0.5, 0.6) is 0 Å². The second-order valence-electron chi connectivity index (χ2n) is 6.74. The van der Waals surface area contributed by atoms with E-state index in [1.54, 1.807) is 0 Å². The Kier molecular flexibility index (Phi) is 3.98. The van der Waals surface area contributed by atoms with Crippen molar-refractivity contribution in [2.75, 3.05) is 13.1 Å². The number of para-hydroxylation sites is 1. The number of aromatic nitrogens is 2. The number of nitrogens with zero attached hydrogens (tertiary/aromatic N) is 2. The highest BCUT2D eigenvalue weighted by molar-refractivity contribution is 5.38. The molecule has 2 aliphatic rings. The molecule has 1 N–H and O–H groups in total. The molecular formula is C19H25N3. The van der Waals surface area contributed by atoms with Crippen LogP contribution in [0.25, 0.3) is 5.69 Å². The fourth-order valence-corrected chi connectivity index (χ4v) is 4.20. The molecule has 2 heterocycles. The van der Waals surface area contributed by atoms with Crippen molar-refractivity contribution in [3.8, 4) is 5.69 Å². The Labute approximate surface area is 132 Å². The normalized spacial score (nSPS) is 20.5. The molecule has 0 spiro atoms. The van der Waals surface area contributed by atoms with Crippen LogP contribution in [0, 0.1) is 0 Å². The van der Waals surface area contributed by atoms with Crippen molar-refractivity contribution in [3.63, 3.8) is 0 Å². The zero-order valence-electron chi connectivity index (χ0n) is 13.2. The molecule has 1 aliphatic heterocycles. The summed E-state index contributed by atoms with van der Waals surface area (Å²) in [7, 11) is 0. The summed E-state index contributed by atoms with van der Waals surface area (Å²) >= 11 is 0. The van der Waals surface area contributed by atoms with E-state index in [4.69, 9.17) is 5.10 Å². The molecular weight excluding hydrogens is 270 g/mol. The maximum absolute atomic E-state index is 4.80. The van der Waals surface area contributed by atoms with Gasteiger partial charge in [-0.1, -0.05) is 31.0 Å². The Morgan fingerprint density at radius 1 is 0.909 bits per heavy atom. The molecule has 0 atom stereocenters. The van der Waals surface area contributed by atoms with Gasteiger partial charge >= 0.3 is 0 Å². The van der Waals surface area contributed by atoms with E-state index in [1.807, 2.05) is 0 Å². The van der Waals surface area contributed by atoms with Gasteiger partial charge in [-0.15, -0.1) is 0 Å². The van der Waals surface area contributed by atoms with Crippen molar-refractivity contribution in [1.29, 1.82) is 0 Å². The van der Waals surface area contributed by atoms with Gasteiger partial charge < -0.3 is 5.32 Å². The van der Waals surface area contributed by atoms with Crippen molar-refractivity contribution < 1.29 is 0 Å². The van der Waals surface area contributed by atoms with Gasteiger partial charge in [-0.05, 0) is 62.4 Å². The molecule has 116 valence electrons. The lowest BCUT2D eigenvalue weighted by Gasteiger charge is -2.26. The van der Waals surface area contributed by atoms with Gasteiger partial charge in [-0.3, -0.25) is 0 Å². The molecule has 1 aliphatic carbocycles. The number of hydrogen-bond acceptors (Lipinski definition) is 2. The van der Waals surface area contributed by atoms with Crippen LogP contribution in [-0.4, -0.2) is 22.9 Å². The Bertz CT molecular complexity index is 605. The average molecular weight is 295 g/mol. The van der Waals surface area contributed by atoms with Crippen LogP contribution in [0.4, 0.5) is 0 Å². The van der Waals surface area contributed by atoms with Crippen LogP contribution in [-0.2, 0) is 0 Å². The Morgan fingerprint density at radius 2 is 1.64 bits per heavy atom. The Hall–Kier alpha value is -1.61. The average Bonchev–Trinajstić information content (AvgIpc) is 3.25. The van der Waals surface area contributed by atoms with Gasteiger partial charge in [0, 0.05) is 5.92 Å². The van der Waals surface area contributed by atoms with Crippen LogP contribution in [0.3, 0.4) is 0 Å². The number of benzene rings is 1. The third-order valence-corrected chi connectivity index (χ3v) is 5.36. The van der Waals surface area contributed by atoms with Crippen molar-refractivity contribution in [3.05, 3.63) is 47.8 Å². The smallest absolute Gasteiger partial charge is 0.0649 e. The largest absolute Gasteiger partial charge is 0.317 e. The molecule has 0 radical (unpaired) electrons. The van der Waals surface area contributed by atoms with E-state index in [1.165, 1.54) is 55.5 Å². The van der Waals surface area contributed by atoms with E-state index in [-0.39, 0.29) is 0 Å². The summed E-state index contributed by atoms with van der Waals surface area (Å²) in [5.74, 6) is 1.39. The first-order chi connectivity index (χ1) is 10.9. The molecule has 2 aromatic rings. The third-order valence-electron chi connectivity index (χ3n) is 5.36. The number of piperidine rings is 1. The van der Waals surface area contributed by atoms with Crippen molar-refractivity contribution in [1.82, 2.24) is 15.1 Å². The lowest BCUT2D eigenvalue weighted by molar-refractivity contribution is 0.441. The fraction of sp³-hybridized carbons (Fsp3) is 0.526. The standard InChI is InChI=1S/C19H25N3/c1-2-8-17(9-3-1)22-19(16-10-12-20-13-11-16)18(14-21-22)15-6-4-5-7-15/h1-3,8-9,14-16,20H,4-7,10-13H2. The maximum atomic E-state index is 4.80. The first-order valence-electron chi connectivity index (χ1n) is 8.77. The van der Waals surface area contributed by atoms with Gasteiger partial charge in [0.1, 0.15) is 0 Å². The minimum absolute atomic E-state index is 0.652. The summed E-state index contributed by atoms with van der Waals surface area (Å²) in [6.07, 6.45) is 10.1. The summed E-state index contributed by atoms with van der Waals surface area (Å²) < 4.78 is 2.23. The van der Waals surface area contributed by atoms with E-state index in [9.17, 15) is 0 Å². The molecule has 1 aromatic heterocycles. The van der Waals surface area contributed by atoms with Gasteiger partial charge in [0.05, 0.1) is 17.6 Å². The summed E-state index contributed by atoms with van der Waals surface area (Å²) in [4.78, 5) is 0. The number of rotatable bonds is 3. The van der Waals surface area contributed by atoms with Crippen LogP contribution in [0.15, 0.2) is 36.5 Å². The highest BCUT2D eigenvalue weighted by Gasteiger charge is 2.28. The van der Waals surface area contributed by atoms with E-state index >= 15 is 0 Å². The Morgan fingerprint density at radius 3 is 2.36 bits per heavy atom. The van der Waals surface area contributed by atoms with Crippen molar-refractivity contribution >= 4 is 0 Å². The van der Waals surface area contributed by atoms with Crippen LogP contribution in [0.2, 0.25) is 0 Å². The monoisotopic (exact) mass is 295 g/mol. The molecule has 0 amide bonds. The molecule has 0 bridgehead atoms. The minimum atomic E-state index is 0.652. The zero-order chi connectivity index (χ0) is 14.8. The molecule has 2 fully saturated rings. The van der Waals surface area contributed by atoms with Crippen molar-refractivity contribution in [2.24, 2.45) is 0 Å². The van der Waals surface area contributed by atoms with Gasteiger partial charge in [0.25, 0.3) is 0 Å². The summed E-state index contributed by atoms with van der Waals surface area (Å²) in [5.41, 5.74) is 4.24. The first-order valence-corrected chi connectivity index (χ1v) is 8.77. The minimum Gasteiger partial charge on any atom is -0.317 e. The van der Waals surface area contributed by atoms with Gasteiger partial charge in [-0.25, -0.2) is 4.68 Å². The second kappa shape index (κ2) is 6.25. The predicted molar refractivity (Wildman–Crippen MR) is 89.6 cm³/mol. The molecule has 3 heteroatoms. The molecule has 1 saturated carbocycles. The first kappa shape index (κ1) is 14.0. The van der Waals surface area contributed by atoms with Gasteiger partial charge in [-0.2, -0.15) is 5.10 Å². The SMILES string of the molecule is c1ccc(-n2ncc(C3CCCC3)c2C2CCNCC2)cc1. The lowest BCUT2D eigenvalue weighted by Crippen LogP contribution is -2.28. The van der Waals surface area contributed by atoms with E-state index < -0.39 is 0 Å². The lowest BCUT2D eigenvalue weighted by atomic mass is 9.87. The van der Waals surface area contributed by atoms with Crippen LogP contribution in [0.1, 0.15) is 61.6 Å². The van der Waals surface area contributed by atoms with Gasteiger partial charge in [0.15, 0.2) is 0 Å². The van der Waals surface area contributed by atoms with Crippen LogP contribution < -0.4 is 5.32 Å². The third kappa shape index (κ3) is 2.58.